The summed E-state index contributed by atoms with van der Waals surface area (Å²) in [6.07, 6.45) is 2.75. The van der Waals surface area contributed by atoms with Crippen molar-refractivity contribution in [2.75, 3.05) is 32.5 Å². The minimum Gasteiger partial charge on any atom is -0.398 e. The Kier molecular flexibility index (Phi) is 13.5. The number of carbonyl (C=O) groups is 1. The number of nitrogens with zero attached hydrogens (tertiary/aromatic N) is 3. The van der Waals surface area contributed by atoms with Gasteiger partial charge in [0.1, 0.15) is 23.2 Å². The molecule has 35 heavy (non-hydrogen) atoms. The van der Waals surface area contributed by atoms with Gasteiger partial charge in [0.05, 0.1) is 19.8 Å². The predicted molar refractivity (Wildman–Crippen MR) is 136 cm³/mol. The maximum atomic E-state index is 13.2. The van der Waals surface area contributed by atoms with Gasteiger partial charge in [-0.05, 0) is 47.9 Å². The predicted octanol–water partition coefficient (Wildman–Crippen LogP) is 3.17. The molecule has 0 aliphatic rings. The van der Waals surface area contributed by atoms with Crippen LogP contribution in [0.2, 0.25) is 0 Å². The molecule has 0 saturated heterocycles. The third-order valence-corrected chi connectivity index (χ3v) is 4.54. The third kappa shape index (κ3) is 10.0. The fourth-order valence-electron chi connectivity index (χ4n) is 2.97. The molecule has 0 bridgehead atoms. The molecule has 0 saturated carbocycles. The number of aromatic nitrogens is 2. The van der Waals surface area contributed by atoms with Crippen LogP contribution in [-0.4, -0.2) is 48.7 Å². The zero-order valence-corrected chi connectivity index (χ0v) is 20.4. The largest absolute Gasteiger partial charge is 0.398 e. The number of amidine groups is 1. The summed E-state index contributed by atoms with van der Waals surface area (Å²) >= 11 is 0. The van der Waals surface area contributed by atoms with Crippen LogP contribution in [0, 0.1) is 11.6 Å². The normalized spacial score (nSPS) is 10.6. The van der Waals surface area contributed by atoms with Crippen molar-refractivity contribution in [2.24, 2.45) is 16.5 Å². The molecule has 10 heteroatoms. The topological polar surface area (TPSA) is 135 Å². The molecule has 2 aromatic carbocycles. The Labute approximate surface area is 204 Å². The average molecular weight is 489 g/mol. The Hall–Kier alpha value is -3.63. The second-order valence-electron chi connectivity index (χ2n) is 6.98. The Balaban J connectivity index is 0.000000354. The number of nitrogen functional groups attached to an aromatic ring is 1. The van der Waals surface area contributed by atoms with Crippen LogP contribution in [-0.2, 0) is 17.7 Å². The summed E-state index contributed by atoms with van der Waals surface area (Å²) in [5.41, 5.74) is 19.9. The minimum absolute atomic E-state index is 0.328. The summed E-state index contributed by atoms with van der Waals surface area (Å²) in [6, 6.07) is 10.4. The molecular formula is C25H34F2N6O2. The van der Waals surface area contributed by atoms with Crippen molar-refractivity contribution in [3.05, 3.63) is 82.7 Å². The van der Waals surface area contributed by atoms with E-state index in [2.05, 4.69) is 10.1 Å². The number of carbonyl (C=O) groups excluding carboxylic acids is 1. The first kappa shape index (κ1) is 29.4. The molecule has 1 heterocycles. The van der Waals surface area contributed by atoms with Crippen molar-refractivity contribution in [2.45, 2.75) is 26.8 Å². The number of halogens is 2. The summed E-state index contributed by atoms with van der Waals surface area (Å²) < 4.78 is 33.1. The van der Waals surface area contributed by atoms with Gasteiger partial charge in [-0.25, -0.2) is 8.78 Å². The molecule has 190 valence electrons. The number of aldehydes is 1. The maximum absolute atomic E-state index is 13.2. The van der Waals surface area contributed by atoms with Crippen molar-refractivity contribution in [3.8, 4) is 0 Å². The van der Waals surface area contributed by atoms with E-state index in [1.165, 1.54) is 12.1 Å². The van der Waals surface area contributed by atoms with Gasteiger partial charge < -0.3 is 21.9 Å². The highest BCUT2D eigenvalue weighted by Crippen LogP contribution is 2.18. The molecule has 8 nitrogen and oxygen atoms in total. The number of hydrogen-bond donors (Lipinski definition) is 3. The second kappa shape index (κ2) is 16.1. The van der Waals surface area contributed by atoms with Gasteiger partial charge >= 0.3 is 0 Å². The summed E-state index contributed by atoms with van der Waals surface area (Å²) in [4.78, 5) is 14.3. The number of hydrogen-bond acceptors (Lipinski definition) is 6. The lowest BCUT2D eigenvalue weighted by Gasteiger charge is -2.08. The maximum Gasteiger partial charge on any atom is 0.168 e. The number of ether oxygens (including phenoxy) is 1. The molecular weight excluding hydrogens is 454 g/mol. The third-order valence-electron chi connectivity index (χ3n) is 4.54. The van der Waals surface area contributed by atoms with E-state index in [0.29, 0.717) is 61.1 Å². The number of nitrogens with two attached hydrogens (primary N) is 3. The lowest BCUT2D eigenvalue weighted by molar-refractivity contribution is 0.110. The molecule has 0 unspecified atom stereocenters. The van der Waals surface area contributed by atoms with Gasteiger partial charge in [0.2, 0.25) is 0 Å². The van der Waals surface area contributed by atoms with E-state index < -0.39 is 11.6 Å². The van der Waals surface area contributed by atoms with Crippen LogP contribution in [0.5, 0.6) is 0 Å². The molecule has 0 amide bonds. The summed E-state index contributed by atoms with van der Waals surface area (Å²) in [5.74, 6) is -0.856. The van der Waals surface area contributed by atoms with E-state index in [4.69, 9.17) is 21.9 Å². The van der Waals surface area contributed by atoms with Gasteiger partial charge in [-0.1, -0.05) is 19.9 Å². The molecule has 0 radical (unpaired) electrons. The van der Waals surface area contributed by atoms with Crippen molar-refractivity contribution < 1.29 is 18.3 Å². The van der Waals surface area contributed by atoms with Gasteiger partial charge in [-0.15, -0.1) is 0 Å². The zero-order chi connectivity index (χ0) is 26.2. The Morgan fingerprint density at radius 2 is 1.77 bits per heavy atom. The second-order valence-corrected chi connectivity index (χ2v) is 6.98. The average Bonchev–Trinajstić information content (AvgIpc) is 3.31. The monoisotopic (exact) mass is 488 g/mol. The SMILES string of the molecule is CC.CN=C(N)c1cc(Cc2cc(F)cc(F)c2)ccc1N.NCCOCCn1nccc1C=O. The van der Waals surface area contributed by atoms with Crippen LogP contribution >= 0.6 is 0 Å². The van der Waals surface area contributed by atoms with Crippen LogP contribution in [0.25, 0.3) is 0 Å². The summed E-state index contributed by atoms with van der Waals surface area (Å²) in [7, 11) is 1.57. The molecule has 0 aliphatic heterocycles. The van der Waals surface area contributed by atoms with E-state index in [-0.39, 0.29) is 0 Å². The van der Waals surface area contributed by atoms with Gasteiger partial charge in [0.25, 0.3) is 0 Å². The molecule has 6 N–H and O–H groups in total. The molecule has 0 spiro atoms. The first-order valence-electron chi connectivity index (χ1n) is 11.2. The van der Waals surface area contributed by atoms with Gasteiger partial charge in [-0.3, -0.25) is 14.5 Å². The van der Waals surface area contributed by atoms with Gasteiger partial charge in [0, 0.05) is 37.1 Å². The minimum atomic E-state index is -0.592. The number of benzene rings is 2. The Bertz CT molecular complexity index is 1070. The molecule has 3 aromatic rings. The highest BCUT2D eigenvalue weighted by Gasteiger charge is 2.07. The van der Waals surface area contributed by atoms with Crippen molar-refractivity contribution in [1.29, 1.82) is 0 Å². The highest BCUT2D eigenvalue weighted by molar-refractivity contribution is 6.02. The van der Waals surface area contributed by atoms with Crippen LogP contribution in [0.1, 0.15) is 41.0 Å². The number of anilines is 1. The van der Waals surface area contributed by atoms with E-state index >= 15 is 0 Å². The van der Waals surface area contributed by atoms with Gasteiger partial charge in [0.15, 0.2) is 6.29 Å². The molecule has 0 aliphatic carbocycles. The smallest absolute Gasteiger partial charge is 0.168 e. The first-order chi connectivity index (χ1) is 16.9. The quantitative estimate of drug-likeness (QED) is 0.139. The molecule has 3 rings (SSSR count). The van der Waals surface area contributed by atoms with Gasteiger partial charge in [-0.2, -0.15) is 5.10 Å². The van der Waals surface area contributed by atoms with Crippen LogP contribution in [0.15, 0.2) is 53.7 Å². The Morgan fingerprint density at radius 3 is 2.37 bits per heavy atom. The summed E-state index contributed by atoms with van der Waals surface area (Å²) in [5, 5.41) is 3.96. The Morgan fingerprint density at radius 1 is 1.09 bits per heavy atom. The van der Waals surface area contributed by atoms with E-state index in [1.807, 2.05) is 13.8 Å². The van der Waals surface area contributed by atoms with E-state index in [0.717, 1.165) is 17.9 Å². The lowest BCUT2D eigenvalue weighted by Crippen LogP contribution is -2.15. The van der Waals surface area contributed by atoms with Crippen molar-refractivity contribution in [1.82, 2.24) is 9.78 Å². The standard InChI is InChI=1S/C15H15F2N3.C8H13N3O2.C2H6/c1-20-15(19)13-7-9(2-3-14(13)18)4-10-5-11(16)8-12(17)6-10;9-2-5-13-6-4-11-8(7-12)1-3-10-11;1-2/h2-3,5-8H,4,18H2,1H3,(H2,19,20);1,3,7H,2,4-6,9H2;1-2H3. The summed E-state index contributed by atoms with van der Waals surface area (Å²) in [6.45, 7) is 6.16. The van der Waals surface area contributed by atoms with E-state index in [9.17, 15) is 13.6 Å². The van der Waals surface area contributed by atoms with Crippen LogP contribution in [0.3, 0.4) is 0 Å². The molecule has 0 fully saturated rings. The van der Waals surface area contributed by atoms with Crippen molar-refractivity contribution >= 4 is 17.8 Å². The number of rotatable bonds is 9. The van der Waals surface area contributed by atoms with Crippen LogP contribution in [0.4, 0.5) is 14.5 Å². The number of aliphatic imine (C=N–C) groups is 1. The fraction of sp³-hybridized carbons (Fsp3) is 0.320. The molecule has 1 aromatic heterocycles. The fourth-order valence-corrected chi connectivity index (χ4v) is 2.97. The lowest BCUT2D eigenvalue weighted by atomic mass is 10.0. The van der Waals surface area contributed by atoms with E-state index in [1.54, 1.807) is 42.2 Å². The first-order valence-corrected chi connectivity index (χ1v) is 11.2. The van der Waals surface area contributed by atoms with Crippen LogP contribution < -0.4 is 17.2 Å². The molecule has 0 atom stereocenters. The highest BCUT2D eigenvalue weighted by atomic mass is 19.1. The van der Waals surface area contributed by atoms with Crippen molar-refractivity contribution in [3.63, 3.8) is 0 Å². The zero-order valence-electron chi connectivity index (χ0n) is 20.4.